The van der Waals surface area contributed by atoms with Gasteiger partial charge in [0, 0.05) is 38.9 Å². The Labute approximate surface area is 193 Å². The van der Waals surface area contributed by atoms with E-state index in [-0.39, 0.29) is 17.9 Å². The maximum Gasteiger partial charge on any atom is 0.272 e. The number of likely N-dealkylation sites (N-methyl/N-ethyl adjacent to an activating group) is 1. The molecule has 0 radical (unpaired) electrons. The second-order valence-electron chi connectivity index (χ2n) is 8.27. The number of carbonyl (C=O) groups is 2. The summed E-state index contributed by atoms with van der Waals surface area (Å²) in [6.45, 7) is 2.31. The van der Waals surface area contributed by atoms with Gasteiger partial charge in [0.25, 0.3) is 11.8 Å². The van der Waals surface area contributed by atoms with Crippen molar-refractivity contribution in [2.24, 2.45) is 7.05 Å². The molecular formula is C26H28N4O3. The number of fused-ring (bicyclic) bond motifs is 1. The van der Waals surface area contributed by atoms with Crippen LogP contribution in [0.5, 0.6) is 0 Å². The van der Waals surface area contributed by atoms with Crippen LogP contribution in [0.3, 0.4) is 0 Å². The molecule has 33 heavy (non-hydrogen) atoms. The molecule has 0 saturated carbocycles. The van der Waals surface area contributed by atoms with Crippen LogP contribution in [0.15, 0.2) is 71.5 Å². The molecule has 1 unspecified atom stereocenters. The summed E-state index contributed by atoms with van der Waals surface area (Å²) in [7, 11) is 3.64. The Morgan fingerprint density at radius 1 is 1.15 bits per heavy atom. The van der Waals surface area contributed by atoms with E-state index in [0.717, 1.165) is 11.1 Å². The fraction of sp³-hybridized carbons (Fsp3) is 0.269. The molecule has 0 saturated heterocycles. The summed E-state index contributed by atoms with van der Waals surface area (Å²) < 4.78 is 7.19. The number of benzene rings is 1. The van der Waals surface area contributed by atoms with Crippen molar-refractivity contribution in [2.75, 3.05) is 13.6 Å². The molecule has 3 heterocycles. The van der Waals surface area contributed by atoms with Crippen LogP contribution in [-0.4, -0.2) is 45.9 Å². The fourth-order valence-corrected chi connectivity index (χ4v) is 4.00. The number of aryl methyl sites for hydroxylation is 2. The Kier molecular flexibility index (Phi) is 6.58. The molecule has 1 atom stereocenters. The second kappa shape index (κ2) is 9.73. The molecule has 0 spiro atoms. The number of amides is 2. The van der Waals surface area contributed by atoms with Crippen molar-refractivity contribution in [1.82, 2.24) is 19.8 Å². The summed E-state index contributed by atoms with van der Waals surface area (Å²) in [5, 5.41) is 2.98. The van der Waals surface area contributed by atoms with E-state index in [0.29, 0.717) is 41.9 Å². The lowest BCUT2D eigenvalue weighted by atomic mass is 10.0. The van der Waals surface area contributed by atoms with Crippen LogP contribution in [0.4, 0.5) is 0 Å². The topological polar surface area (TPSA) is 80.4 Å². The van der Waals surface area contributed by atoms with E-state index in [1.165, 1.54) is 0 Å². The SMILES string of the molecule is Cc1cc2occc2nc1C(=O)N(C)C(CCNC(=O)c1cccn1C)Cc1ccccc1. The fourth-order valence-electron chi connectivity index (χ4n) is 4.00. The largest absolute Gasteiger partial charge is 0.463 e. The highest BCUT2D eigenvalue weighted by Crippen LogP contribution is 2.20. The zero-order valence-electron chi connectivity index (χ0n) is 19.1. The van der Waals surface area contributed by atoms with Crippen molar-refractivity contribution < 1.29 is 14.0 Å². The molecule has 7 heteroatoms. The molecular weight excluding hydrogens is 416 g/mol. The third kappa shape index (κ3) is 4.98. The van der Waals surface area contributed by atoms with E-state index in [4.69, 9.17) is 4.42 Å². The van der Waals surface area contributed by atoms with Gasteiger partial charge in [-0.25, -0.2) is 4.98 Å². The maximum absolute atomic E-state index is 13.4. The molecule has 3 aromatic heterocycles. The average Bonchev–Trinajstić information content (AvgIpc) is 3.45. The van der Waals surface area contributed by atoms with Gasteiger partial charge in [0.05, 0.1) is 6.26 Å². The summed E-state index contributed by atoms with van der Waals surface area (Å²) in [6, 6.07) is 17.2. The summed E-state index contributed by atoms with van der Waals surface area (Å²) in [4.78, 5) is 32.2. The van der Waals surface area contributed by atoms with Gasteiger partial charge in [-0.2, -0.15) is 0 Å². The summed E-state index contributed by atoms with van der Waals surface area (Å²) in [5.74, 6) is -0.275. The number of carbonyl (C=O) groups excluding carboxylic acids is 2. The zero-order chi connectivity index (χ0) is 23.4. The van der Waals surface area contributed by atoms with E-state index in [2.05, 4.69) is 22.4 Å². The van der Waals surface area contributed by atoms with E-state index < -0.39 is 0 Å². The summed E-state index contributed by atoms with van der Waals surface area (Å²) in [5.41, 5.74) is 4.24. The Morgan fingerprint density at radius 3 is 2.67 bits per heavy atom. The van der Waals surface area contributed by atoms with Crippen molar-refractivity contribution in [3.63, 3.8) is 0 Å². The van der Waals surface area contributed by atoms with Crippen molar-refractivity contribution in [1.29, 1.82) is 0 Å². The Balaban J connectivity index is 1.51. The third-order valence-corrected chi connectivity index (χ3v) is 5.95. The molecule has 0 bridgehead atoms. The van der Waals surface area contributed by atoms with E-state index in [1.54, 1.807) is 34.9 Å². The first kappa shape index (κ1) is 22.3. The van der Waals surface area contributed by atoms with Crippen LogP contribution in [0.1, 0.15) is 38.5 Å². The van der Waals surface area contributed by atoms with Gasteiger partial charge >= 0.3 is 0 Å². The van der Waals surface area contributed by atoms with Gasteiger partial charge in [0.2, 0.25) is 0 Å². The number of furan rings is 1. The zero-order valence-corrected chi connectivity index (χ0v) is 19.1. The van der Waals surface area contributed by atoms with Crippen LogP contribution in [0, 0.1) is 6.92 Å². The van der Waals surface area contributed by atoms with Crippen molar-refractivity contribution in [2.45, 2.75) is 25.8 Å². The molecule has 1 aromatic carbocycles. The lowest BCUT2D eigenvalue weighted by Gasteiger charge is -2.29. The Bertz CT molecular complexity index is 1260. The predicted octanol–water partition coefficient (Wildman–Crippen LogP) is 3.98. The molecule has 0 fully saturated rings. The van der Waals surface area contributed by atoms with Crippen molar-refractivity contribution in [3.05, 3.63) is 89.6 Å². The average molecular weight is 445 g/mol. The first-order valence-electron chi connectivity index (χ1n) is 11.0. The highest BCUT2D eigenvalue weighted by Gasteiger charge is 2.25. The number of hydrogen-bond donors (Lipinski definition) is 1. The molecule has 170 valence electrons. The number of hydrogen-bond acceptors (Lipinski definition) is 4. The molecule has 7 nitrogen and oxygen atoms in total. The molecule has 2 amide bonds. The van der Waals surface area contributed by atoms with Gasteiger partial charge in [-0.15, -0.1) is 0 Å². The molecule has 0 aliphatic heterocycles. The van der Waals surface area contributed by atoms with E-state index >= 15 is 0 Å². The third-order valence-electron chi connectivity index (χ3n) is 5.95. The van der Waals surface area contributed by atoms with E-state index in [9.17, 15) is 9.59 Å². The number of nitrogens with zero attached hydrogens (tertiary/aromatic N) is 3. The van der Waals surface area contributed by atoms with Crippen LogP contribution in [0.2, 0.25) is 0 Å². The first-order valence-corrected chi connectivity index (χ1v) is 11.0. The number of pyridine rings is 1. The monoisotopic (exact) mass is 444 g/mol. The van der Waals surface area contributed by atoms with Crippen LogP contribution in [0.25, 0.3) is 11.1 Å². The minimum absolute atomic E-state index is 0.116. The Hall–Kier alpha value is -3.87. The Morgan fingerprint density at radius 2 is 1.94 bits per heavy atom. The summed E-state index contributed by atoms with van der Waals surface area (Å²) >= 11 is 0. The molecule has 0 aliphatic rings. The van der Waals surface area contributed by atoms with Gasteiger partial charge in [0.15, 0.2) is 5.58 Å². The minimum atomic E-state index is -0.148. The van der Waals surface area contributed by atoms with Gasteiger partial charge in [-0.05, 0) is 49.1 Å². The second-order valence-corrected chi connectivity index (χ2v) is 8.27. The normalized spacial score (nSPS) is 12.0. The number of nitrogens with one attached hydrogen (secondary N) is 1. The quantitative estimate of drug-likeness (QED) is 0.446. The number of aromatic nitrogens is 2. The highest BCUT2D eigenvalue weighted by atomic mass is 16.3. The van der Waals surface area contributed by atoms with Crippen LogP contribution < -0.4 is 5.32 Å². The lowest BCUT2D eigenvalue weighted by Crippen LogP contribution is -2.41. The van der Waals surface area contributed by atoms with Gasteiger partial charge < -0.3 is 19.2 Å². The van der Waals surface area contributed by atoms with Gasteiger partial charge in [-0.3, -0.25) is 9.59 Å². The van der Waals surface area contributed by atoms with Crippen LogP contribution >= 0.6 is 0 Å². The molecule has 4 rings (SSSR count). The molecule has 1 N–H and O–H groups in total. The smallest absolute Gasteiger partial charge is 0.272 e. The van der Waals surface area contributed by atoms with Crippen molar-refractivity contribution in [3.8, 4) is 0 Å². The lowest BCUT2D eigenvalue weighted by molar-refractivity contribution is 0.0716. The predicted molar refractivity (Wildman–Crippen MR) is 127 cm³/mol. The standard InChI is InChI=1S/C26H28N4O3/c1-18-16-23-21(12-15-33-23)28-24(18)26(32)30(3)20(17-19-8-5-4-6-9-19)11-13-27-25(31)22-10-7-14-29(22)2/h4-10,12,14-16,20H,11,13,17H2,1-3H3,(H,27,31). The summed E-state index contributed by atoms with van der Waals surface area (Å²) in [6.07, 6.45) is 4.70. The maximum atomic E-state index is 13.4. The van der Waals surface area contributed by atoms with Crippen LogP contribution in [-0.2, 0) is 13.5 Å². The molecule has 0 aliphatic carbocycles. The number of rotatable bonds is 8. The first-order chi connectivity index (χ1) is 15.9. The minimum Gasteiger partial charge on any atom is -0.463 e. The van der Waals surface area contributed by atoms with E-state index in [1.807, 2.05) is 50.5 Å². The molecule has 4 aromatic rings. The van der Waals surface area contributed by atoms with Gasteiger partial charge in [0.1, 0.15) is 16.9 Å². The highest BCUT2D eigenvalue weighted by molar-refractivity contribution is 5.96. The van der Waals surface area contributed by atoms with Crippen molar-refractivity contribution >= 4 is 22.9 Å². The van der Waals surface area contributed by atoms with Gasteiger partial charge in [-0.1, -0.05) is 30.3 Å².